The van der Waals surface area contributed by atoms with Gasteiger partial charge in [-0.1, -0.05) is 15.9 Å². The Morgan fingerprint density at radius 3 is 2.55 bits per heavy atom. The van der Waals surface area contributed by atoms with Crippen molar-refractivity contribution in [1.82, 2.24) is 10.6 Å². The zero-order chi connectivity index (χ0) is 15.0. The molecular formula is C13H26BrN3O3. The SMILES string of the molecule is NCC1(CC(=O)O)CCC(NCCNC(O)CBr)CC1. The number of carboxylic acids is 1. The first kappa shape index (κ1) is 17.8. The average Bonchev–Trinajstić information content (AvgIpc) is 2.44. The lowest BCUT2D eigenvalue weighted by atomic mass is 9.70. The number of rotatable bonds is 9. The number of aliphatic hydroxyl groups excluding tert-OH is 1. The van der Waals surface area contributed by atoms with Crippen molar-refractivity contribution < 1.29 is 15.0 Å². The molecule has 6 N–H and O–H groups in total. The van der Waals surface area contributed by atoms with Crippen molar-refractivity contribution in [2.45, 2.75) is 44.4 Å². The molecule has 0 aliphatic heterocycles. The molecule has 0 spiro atoms. The van der Waals surface area contributed by atoms with E-state index in [0.717, 1.165) is 32.2 Å². The third kappa shape index (κ3) is 6.05. The lowest BCUT2D eigenvalue weighted by Crippen LogP contribution is -2.44. The largest absolute Gasteiger partial charge is 0.481 e. The summed E-state index contributed by atoms with van der Waals surface area (Å²) in [7, 11) is 0. The molecule has 1 aliphatic rings. The number of aliphatic carboxylic acids is 1. The molecule has 1 unspecified atom stereocenters. The molecular weight excluding hydrogens is 326 g/mol. The van der Waals surface area contributed by atoms with Gasteiger partial charge in [0.15, 0.2) is 0 Å². The van der Waals surface area contributed by atoms with Gasteiger partial charge in [0.1, 0.15) is 6.23 Å². The Labute approximate surface area is 128 Å². The highest BCUT2D eigenvalue weighted by molar-refractivity contribution is 9.09. The van der Waals surface area contributed by atoms with E-state index >= 15 is 0 Å². The minimum Gasteiger partial charge on any atom is -0.481 e. The summed E-state index contributed by atoms with van der Waals surface area (Å²) in [5.74, 6) is -0.755. The molecule has 6 nitrogen and oxygen atoms in total. The second kappa shape index (κ2) is 8.94. The molecule has 0 amide bonds. The van der Waals surface area contributed by atoms with E-state index in [1.165, 1.54) is 0 Å². The number of nitrogens with two attached hydrogens (primary N) is 1. The number of nitrogens with one attached hydrogen (secondary N) is 2. The van der Waals surface area contributed by atoms with Gasteiger partial charge in [0, 0.05) is 24.5 Å². The van der Waals surface area contributed by atoms with Gasteiger partial charge in [-0.2, -0.15) is 0 Å². The van der Waals surface area contributed by atoms with Crippen molar-refractivity contribution in [2.24, 2.45) is 11.1 Å². The maximum atomic E-state index is 10.9. The Kier molecular flexibility index (Phi) is 7.98. The predicted molar refractivity (Wildman–Crippen MR) is 81.8 cm³/mol. The molecule has 1 aliphatic carbocycles. The normalized spacial score (nSPS) is 28.2. The molecule has 0 radical (unpaired) electrons. The molecule has 0 saturated heterocycles. The summed E-state index contributed by atoms with van der Waals surface area (Å²) in [4.78, 5) is 10.9. The lowest BCUT2D eigenvalue weighted by molar-refractivity contribution is -0.140. The molecule has 1 fully saturated rings. The highest BCUT2D eigenvalue weighted by atomic mass is 79.9. The van der Waals surface area contributed by atoms with Crippen LogP contribution in [0, 0.1) is 5.41 Å². The Bertz CT molecular complexity index is 297. The van der Waals surface area contributed by atoms with Gasteiger partial charge in [0.05, 0.1) is 6.42 Å². The zero-order valence-electron chi connectivity index (χ0n) is 11.8. The summed E-state index contributed by atoms with van der Waals surface area (Å²) in [6.45, 7) is 1.95. The predicted octanol–water partition coefficient (Wildman–Crippen LogP) is 0.241. The second-order valence-electron chi connectivity index (χ2n) is 5.63. The summed E-state index contributed by atoms with van der Waals surface area (Å²) in [5.41, 5.74) is 5.56. The topological polar surface area (TPSA) is 108 Å². The van der Waals surface area contributed by atoms with Crippen LogP contribution in [0.2, 0.25) is 0 Å². The van der Waals surface area contributed by atoms with Crippen molar-refractivity contribution in [2.75, 3.05) is 25.0 Å². The van der Waals surface area contributed by atoms with Gasteiger partial charge in [0.25, 0.3) is 0 Å². The van der Waals surface area contributed by atoms with Crippen molar-refractivity contribution in [1.29, 1.82) is 0 Å². The maximum Gasteiger partial charge on any atom is 0.303 e. The number of hydrogen-bond donors (Lipinski definition) is 5. The Morgan fingerprint density at radius 2 is 2.05 bits per heavy atom. The van der Waals surface area contributed by atoms with Crippen LogP contribution in [0.5, 0.6) is 0 Å². The van der Waals surface area contributed by atoms with Crippen molar-refractivity contribution in [3.8, 4) is 0 Å². The van der Waals surface area contributed by atoms with E-state index in [9.17, 15) is 9.90 Å². The number of carboxylic acid groups (broad SMARTS) is 1. The Morgan fingerprint density at radius 1 is 1.40 bits per heavy atom. The fraction of sp³-hybridized carbons (Fsp3) is 0.923. The summed E-state index contributed by atoms with van der Waals surface area (Å²) >= 11 is 3.19. The third-order valence-electron chi connectivity index (χ3n) is 4.09. The molecule has 0 heterocycles. The van der Waals surface area contributed by atoms with Gasteiger partial charge < -0.3 is 21.3 Å². The number of aliphatic hydroxyl groups is 1. The first-order chi connectivity index (χ1) is 9.51. The zero-order valence-corrected chi connectivity index (χ0v) is 13.4. The first-order valence-electron chi connectivity index (χ1n) is 7.14. The third-order valence-corrected chi connectivity index (χ3v) is 4.70. The smallest absolute Gasteiger partial charge is 0.303 e. The average molecular weight is 352 g/mol. The molecule has 7 heteroatoms. The quantitative estimate of drug-likeness (QED) is 0.231. The van der Waals surface area contributed by atoms with Crippen molar-refractivity contribution >= 4 is 21.9 Å². The van der Waals surface area contributed by atoms with Gasteiger partial charge in [0.2, 0.25) is 0 Å². The van der Waals surface area contributed by atoms with E-state index in [1.807, 2.05) is 0 Å². The van der Waals surface area contributed by atoms with Gasteiger partial charge in [-0.25, -0.2) is 0 Å². The molecule has 0 aromatic heterocycles. The lowest BCUT2D eigenvalue weighted by Gasteiger charge is -2.38. The highest BCUT2D eigenvalue weighted by Gasteiger charge is 2.35. The molecule has 0 aromatic rings. The van der Waals surface area contributed by atoms with Gasteiger partial charge in [-0.05, 0) is 37.6 Å². The maximum absolute atomic E-state index is 10.9. The van der Waals surface area contributed by atoms with E-state index < -0.39 is 12.2 Å². The van der Waals surface area contributed by atoms with E-state index in [4.69, 9.17) is 10.8 Å². The van der Waals surface area contributed by atoms with Gasteiger partial charge >= 0.3 is 5.97 Å². The minimum absolute atomic E-state index is 0.176. The van der Waals surface area contributed by atoms with Crippen LogP contribution in [0.25, 0.3) is 0 Å². The Hall–Kier alpha value is -0.210. The molecule has 0 bridgehead atoms. The number of halogens is 1. The molecule has 20 heavy (non-hydrogen) atoms. The van der Waals surface area contributed by atoms with Crippen LogP contribution < -0.4 is 16.4 Å². The number of hydrogen-bond acceptors (Lipinski definition) is 5. The molecule has 0 aromatic carbocycles. The molecule has 1 rings (SSSR count). The van der Waals surface area contributed by atoms with E-state index in [-0.39, 0.29) is 11.8 Å². The summed E-state index contributed by atoms with van der Waals surface area (Å²) in [6, 6.07) is 0.423. The van der Waals surface area contributed by atoms with Crippen LogP contribution in [0.1, 0.15) is 32.1 Å². The standard InChI is InChI=1S/C13H26BrN3O3/c14-8-11(18)17-6-5-16-10-1-3-13(9-15,4-2-10)7-12(19)20/h10-11,16-18H,1-9,15H2,(H,19,20). The summed E-state index contributed by atoms with van der Waals surface area (Å²) < 4.78 is 0. The monoisotopic (exact) mass is 351 g/mol. The molecule has 1 saturated carbocycles. The first-order valence-corrected chi connectivity index (χ1v) is 8.26. The number of alkyl halides is 1. The highest BCUT2D eigenvalue weighted by Crippen LogP contribution is 2.38. The van der Waals surface area contributed by atoms with Crippen LogP contribution in [-0.4, -0.2) is 53.4 Å². The summed E-state index contributed by atoms with van der Waals surface area (Å²) in [6.07, 6.45) is 3.32. The van der Waals surface area contributed by atoms with Gasteiger partial charge in [-0.15, -0.1) is 0 Å². The van der Waals surface area contributed by atoms with Crippen LogP contribution in [-0.2, 0) is 4.79 Å². The second-order valence-corrected chi connectivity index (χ2v) is 6.27. The fourth-order valence-electron chi connectivity index (χ4n) is 2.78. The van der Waals surface area contributed by atoms with E-state index in [0.29, 0.717) is 24.5 Å². The minimum atomic E-state index is -0.755. The van der Waals surface area contributed by atoms with Crippen molar-refractivity contribution in [3.63, 3.8) is 0 Å². The van der Waals surface area contributed by atoms with E-state index in [1.54, 1.807) is 0 Å². The van der Waals surface area contributed by atoms with Crippen LogP contribution in [0.15, 0.2) is 0 Å². The molecule has 1 atom stereocenters. The Balaban J connectivity index is 2.22. The van der Waals surface area contributed by atoms with Crippen molar-refractivity contribution in [3.05, 3.63) is 0 Å². The van der Waals surface area contributed by atoms with E-state index in [2.05, 4.69) is 26.6 Å². The van der Waals surface area contributed by atoms with Crippen LogP contribution >= 0.6 is 15.9 Å². The van der Waals surface area contributed by atoms with Crippen LogP contribution in [0.3, 0.4) is 0 Å². The fourth-order valence-corrected chi connectivity index (χ4v) is 3.01. The molecule has 118 valence electrons. The van der Waals surface area contributed by atoms with Crippen LogP contribution in [0.4, 0.5) is 0 Å². The van der Waals surface area contributed by atoms with Gasteiger partial charge in [-0.3, -0.25) is 10.1 Å². The summed E-state index contributed by atoms with van der Waals surface area (Å²) in [5, 5.41) is 25.2. The number of carbonyl (C=O) groups is 1.